The Balaban J connectivity index is 2.57. The van der Waals surface area contributed by atoms with Crippen LogP contribution in [0.15, 0.2) is 0 Å². The van der Waals surface area contributed by atoms with E-state index in [0.717, 1.165) is 12.2 Å². The minimum absolute atomic E-state index is 0.0266. The topological polar surface area (TPSA) is 60.9 Å². The van der Waals surface area contributed by atoms with Crippen LogP contribution in [0.3, 0.4) is 0 Å². The van der Waals surface area contributed by atoms with Crippen LogP contribution < -0.4 is 0 Å². The van der Waals surface area contributed by atoms with Gasteiger partial charge < -0.3 is 14.9 Å². The summed E-state index contributed by atoms with van der Waals surface area (Å²) in [6.07, 6.45) is 4.78. The number of urea groups is 1. The predicted octanol–water partition coefficient (Wildman–Crippen LogP) is 2.76. The average Bonchev–Trinajstić information content (AvgIpc) is 2.50. The van der Waals surface area contributed by atoms with Crippen LogP contribution in [0.2, 0.25) is 0 Å². The number of nitrogens with zero attached hydrogens (tertiary/aromatic N) is 2. The van der Waals surface area contributed by atoms with Crippen molar-refractivity contribution in [3.8, 4) is 0 Å². The first-order chi connectivity index (χ1) is 9.88. The summed E-state index contributed by atoms with van der Waals surface area (Å²) in [5.41, 5.74) is -0.639. The molecule has 122 valence electrons. The average molecular weight is 316 g/mol. The van der Waals surface area contributed by atoms with Crippen LogP contribution >= 0.6 is 11.8 Å². The number of hydrogen-bond acceptors (Lipinski definition) is 3. The lowest BCUT2D eigenvalue weighted by atomic mass is 9.76. The quantitative estimate of drug-likeness (QED) is 0.818. The molecular formula is C15H28N2O3S. The molecule has 5 nitrogen and oxygen atoms in total. The predicted molar refractivity (Wildman–Crippen MR) is 86.8 cm³/mol. The van der Waals surface area contributed by atoms with Crippen LogP contribution in [0.4, 0.5) is 4.79 Å². The molecule has 0 radical (unpaired) electrons. The minimum atomic E-state index is -0.723. The van der Waals surface area contributed by atoms with Gasteiger partial charge in [0.25, 0.3) is 0 Å². The van der Waals surface area contributed by atoms with E-state index in [1.54, 1.807) is 21.6 Å². The van der Waals surface area contributed by atoms with Gasteiger partial charge in [0.1, 0.15) is 0 Å². The van der Waals surface area contributed by atoms with Crippen LogP contribution in [0.25, 0.3) is 0 Å². The number of amides is 2. The third-order valence-electron chi connectivity index (χ3n) is 4.82. The molecule has 1 heterocycles. The second-order valence-corrected chi connectivity index (χ2v) is 6.94. The molecule has 0 aliphatic carbocycles. The maximum atomic E-state index is 12.5. The molecule has 1 fully saturated rings. The Morgan fingerprint density at radius 3 is 2.38 bits per heavy atom. The van der Waals surface area contributed by atoms with E-state index in [0.29, 0.717) is 32.4 Å². The molecule has 1 aliphatic rings. The van der Waals surface area contributed by atoms with Gasteiger partial charge in [-0.25, -0.2) is 4.79 Å². The largest absolute Gasteiger partial charge is 0.481 e. The first kappa shape index (κ1) is 18.1. The number of likely N-dealkylation sites (tertiary alicyclic amines) is 1. The lowest BCUT2D eigenvalue weighted by Gasteiger charge is -2.40. The zero-order chi connectivity index (χ0) is 16.0. The second kappa shape index (κ2) is 7.92. The molecule has 6 heteroatoms. The van der Waals surface area contributed by atoms with Gasteiger partial charge in [-0.2, -0.15) is 11.8 Å². The van der Waals surface area contributed by atoms with E-state index >= 15 is 0 Å². The Hall–Kier alpha value is -0.910. The summed E-state index contributed by atoms with van der Waals surface area (Å²) in [6, 6.07) is 0.237. The van der Waals surface area contributed by atoms with Crippen molar-refractivity contribution in [3.05, 3.63) is 0 Å². The molecule has 0 bridgehead atoms. The number of carbonyl (C=O) groups excluding carboxylic acids is 1. The number of hydrogen-bond donors (Lipinski definition) is 1. The molecule has 1 unspecified atom stereocenters. The molecule has 0 spiro atoms. The van der Waals surface area contributed by atoms with E-state index < -0.39 is 11.4 Å². The van der Waals surface area contributed by atoms with Gasteiger partial charge in [-0.15, -0.1) is 0 Å². The van der Waals surface area contributed by atoms with Crippen molar-refractivity contribution < 1.29 is 14.7 Å². The molecular weight excluding hydrogens is 288 g/mol. The van der Waals surface area contributed by atoms with E-state index in [1.807, 2.05) is 14.0 Å². The zero-order valence-electron chi connectivity index (χ0n) is 13.6. The van der Waals surface area contributed by atoms with E-state index in [-0.39, 0.29) is 12.1 Å². The summed E-state index contributed by atoms with van der Waals surface area (Å²) in [7, 11) is 1.84. The molecule has 2 amide bonds. The van der Waals surface area contributed by atoms with Crippen molar-refractivity contribution in [2.45, 2.75) is 45.6 Å². The summed E-state index contributed by atoms with van der Waals surface area (Å²) >= 11 is 1.78. The van der Waals surface area contributed by atoms with Gasteiger partial charge in [0, 0.05) is 26.2 Å². The van der Waals surface area contributed by atoms with Crippen molar-refractivity contribution in [1.82, 2.24) is 9.80 Å². The van der Waals surface area contributed by atoms with Crippen LogP contribution in [0, 0.1) is 5.41 Å². The number of thioether (sulfide) groups is 1. The van der Waals surface area contributed by atoms with Gasteiger partial charge in [0.05, 0.1) is 5.41 Å². The standard InChI is InChI=1S/C15H28N2O3S/c1-5-15(13(18)19)7-9-17(10-8-15)14(20)16(3)12(2)6-11-21-4/h12H,5-11H2,1-4H3,(H,18,19). The maximum Gasteiger partial charge on any atom is 0.319 e. The monoisotopic (exact) mass is 316 g/mol. The number of piperidine rings is 1. The molecule has 0 aromatic carbocycles. The zero-order valence-corrected chi connectivity index (χ0v) is 14.4. The fourth-order valence-electron chi connectivity index (χ4n) is 2.74. The second-order valence-electron chi connectivity index (χ2n) is 5.95. The van der Waals surface area contributed by atoms with Crippen molar-refractivity contribution >= 4 is 23.8 Å². The van der Waals surface area contributed by atoms with E-state index in [2.05, 4.69) is 13.2 Å². The van der Waals surface area contributed by atoms with Crippen LogP contribution in [-0.2, 0) is 4.79 Å². The molecule has 1 atom stereocenters. The van der Waals surface area contributed by atoms with Crippen molar-refractivity contribution in [1.29, 1.82) is 0 Å². The highest BCUT2D eigenvalue weighted by atomic mass is 32.2. The first-order valence-electron chi connectivity index (χ1n) is 7.62. The van der Waals surface area contributed by atoms with Gasteiger partial charge in [-0.3, -0.25) is 4.79 Å². The number of aliphatic carboxylic acids is 1. The Morgan fingerprint density at radius 2 is 1.95 bits per heavy atom. The molecule has 0 saturated carbocycles. The molecule has 0 aromatic rings. The Kier molecular flexibility index (Phi) is 6.84. The van der Waals surface area contributed by atoms with Crippen LogP contribution in [-0.4, -0.2) is 65.1 Å². The molecule has 1 aliphatic heterocycles. The van der Waals surface area contributed by atoms with Crippen molar-refractivity contribution in [3.63, 3.8) is 0 Å². The minimum Gasteiger partial charge on any atom is -0.481 e. The molecule has 1 N–H and O–H groups in total. The van der Waals surface area contributed by atoms with Gasteiger partial charge in [0.15, 0.2) is 0 Å². The first-order valence-corrected chi connectivity index (χ1v) is 9.01. The normalized spacial score (nSPS) is 19.1. The maximum absolute atomic E-state index is 12.5. The van der Waals surface area contributed by atoms with Gasteiger partial charge >= 0.3 is 12.0 Å². The van der Waals surface area contributed by atoms with Gasteiger partial charge in [-0.1, -0.05) is 6.92 Å². The molecule has 1 saturated heterocycles. The van der Waals surface area contributed by atoms with Crippen molar-refractivity contribution in [2.75, 3.05) is 32.1 Å². The number of rotatable bonds is 6. The number of carboxylic acids is 1. The molecule has 1 rings (SSSR count). The lowest BCUT2D eigenvalue weighted by molar-refractivity contribution is -0.152. The van der Waals surface area contributed by atoms with E-state index in [4.69, 9.17) is 0 Å². The lowest BCUT2D eigenvalue weighted by Crippen LogP contribution is -2.51. The number of carboxylic acid groups (broad SMARTS) is 1. The molecule has 0 aromatic heterocycles. The Bertz CT molecular complexity index is 368. The summed E-state index contributed by atoms with van der Waals surface area (Å²) in [6.45, 7) is 5.06. The van der Waals surface area contributed by atoms with E-state index in [1.165, 1.54) is 0 Å². The van der Waals surface area contributed by atoms with Crippen molar-refractivity contribution in [2.24, 2.45) is 5.41 Å². The SMILES string of the molecule is CCC1(C(=O)O)CCN(C(=O)N(C)C(C)CCSC)CC1. The third-order valence-corrected chi connectivity index (χ3v) is 5.47. The Labute approximate surface area is 132 Å². The highest BCUT2D eigenvalue weighted by molar-refractivity contribution is 7.98. The van der Waals surface area contributed by atoms with Crippen LogP contribution in [0.5, 0.6) is 0 Å². The Morgan fingerprint density at radius 1 is 1.38 bits per heavy atom. The van der Waals surface area contributed by atoms with Gasteiger partial charge in [0.2, 0.25) is 0 Å². The molecule has 21 heavy (non-hydrogen) atoms. The highest BCUT2D eigenvalue weighted by Gasteiger charge is 2.41. The fourth-order valence-corrected chi connectivity index (χ4v) is 3.32. The highest BCUT2D eigenvalue weighted by Crippen LogP contribution is 2.35. The smallest absolute Gasteiger partial charge is 0.319 e. The summed E-state index contributed by atoms with van der Waals surface area (Å²) < 4.78 is 0. The van der Waals surface area contributed by atoms with Gasteiger partial charge in [-0.05, 0) is 44.6 Å². The summed E-state index contributed by atoms with van der Waals surface area (Å²) in [5, 5.41) is 9.39. The summed E-state index contributed by atoms with van der Waals surface area (Å²) in [5.74, 6) is 0.315. The van der Waals surface area contributed by atoms with E-state index in [9.17, 15) is 14.7 Å². The fraction of sp³-hybridized carbons (Fsp3) is 0.867. The summed E-state index contributed by atoms with van der Waals surface area (Å²) in [4.78, 5) is 27.5. The third kappa shape index (κ3) is 4.28. The number of carbonyl (C=O) groups is 2. The van der Waals surface area contributed by atoms with Crippen LogP contribution in [0.1, 0.15) is 39.5 Å².